The topological polar surface area (TPSA) is 86.0 Å². The third-order valence-corrected chi connectivity index (χ3v) is 4.36. The molecule has 0 spiro atoms. The molecule has 3 aromatic rings. The number of ether oxygens (including phenoxy) is 1. The minimum Gasteiger partial charge on any atom is -0.496 e. The van der Waals surface area contributed by atoms with Crippen molar-refractivity contribution in [2.24, 2.45) is 0 Å². The predicted molar refractivity (Wildman–Crippen MR) is 92.5 cm³/mol. The van der Waals surface area contributed by atoms with E-state index >= 15 is 0 Å². The maximum atomic E-state index is 6.01. The van der Waals surface area contributed by atoms with Crippen LogP contribution in [0.25, 0.3) is 10.9 Å². The lowest BCUT2D eigenvalue weighted by atomic mass is 10.1. The number of hydrogen-bond donors (Lipinski definition) is 2. The summed E-state index contributed by atoms with van der Waals surface area (Å²) in [6, 6.07) is 3.80. The van der Waals surface area contributed by atoms with Crippen molar-refractivity contribution < 1.29 is 4.74 Å². The number of thiazole rings is 1. The summed E-state index contributed by atoms with van der Waals surface area (Å²) in [5.74, 6) is 1.04. The highest BCUT2D eigenvalue weighted by Crippen LogP contribution is 2.34. The number of halogens is 1. The van der Waals surface area contributed by atoms with Gasteiger partial charge in [-0.2, -0.15) is 0 Å². The third-order valence-electron chi connectivity index (χ3n) is 3.17. The van der Waals surface area contributed by atoms with E-state index < -0.39 is 0 Å². The number of nitrogens with zero attached hydrogens (tertiary/aromatic N) is 3. The Hall–Kier alpha value is -1.93. The molecule has 0 fully saturated rings. The maximum absolute atomic E-state index is 6.01. The molecular weight excluding hydrogens is 366 g/mol. The smallest absolute Gasteiger partial charge is 0.199 e. The number of nitrogens with two attached hydrogens (primary N) is 1. The summed E-state index contributed by atoms with van der Waals surface area (Å²) in [4.78, 5) is 12.8. The van der Waals surface area contributed by atoms with E-state index in [9.17, 15) is 0 Å². The van der Waals surface area contributed by atoms with E-state index in [1.54, 1.807) is 18.4 Å². The molecule has 6 nitrogen and oxygen atoms in total. The fourth-order valence-corrected chi connectivity index (χ4v) is 3.19. The van der Waals surface area contributed by atoms with Gasteiger partial charge < -0.3 is 15.8 Å². The van der Waals surface area contributed by atoms with Gasteiger partial charge in [0.15, 0.2) is 4.73 Å². The van der Waals surface area contributed by atoms with Gasteiger partial charge in [0.2, 0.25) is 0 Å². The van der Waals surface area contributed by atoms with Crippen LogP contribution in [0.3, 0.4) is 0 Å². The van der Waals surface area contributed by atoms with Crippen molar-refractivity contribution >= 4 is 49.7 Å². The second-order valence-corrected chi connectivity index (χ2v) is 6.21. The van der Waals surface area contributed by atoms with Crippen molar-refractivity contribution in [1.82, 2.24) is 15.0 Å². The molecule has 3 N–H and O–H groups in total. The second-order valence-electron chi connectivity index (χ2n) is 4.52. The molecule has 8 heteroatoms. The average molecular weight is 380 g/mol. The van der Waals surface area contributed by atoms with Gasteiger partial charge in [-0.3, -0.25) is 0 Å². The maximum Gasteiger partial charge on any atom is 0.199 e. The zero-order valence-electron chi connectivity index (χ0n) is 11.8. The quantitative estimate of drug-likeness (QED) is 0.662. The molecule has 114 valence electrons. The lowest BCUT2D eigenvalue weighted by Gasteiger charge is -2.12. The molecule has 0 bridgehead atoms. The Morgan fingerprint density at radius 3 is 2.95 bits per heavy atom. The predicted octanol–water partition coefficient (Wildman–Crippen LogP) is 3.09. The van der Waals surface area contributed by atoms with Gasteiger partial charge in [0.25, 0.3) is 0 Å². The zero-order chi connectivity index (χ0) is 15.5. The van der Waals surface area contributed by atoms with E-state index in [4.69, 9.17) is 10.5 Å². The fraction of sp³-hybridized carbons (Fsp3) is 0.214. The van der Waals surface area contributed by atoms with Gasteiger partial charge in [0.1, 0.15) is 17.1 Å². The van der Waals surface area contributed by atoms with Gasteiger partial charge in [-0.05, 0) is 28.1 Å². The molecule has 0 unspecified atom stereocenters. The number of hydrogen-bond acceptors (Lipinski definition) is 7. The molecular formula is C14H14BrN5OS. The SMILES string of the molecule is COc1ccc(NCCc2nccs2)c2nc(Br)nc(N)c12. The molecule has 0 aliphatic rings. The van der Waals surface area contributed by atoms with Crippen LogP contribution in [0, 0.1) is 0 Å². The standard InChI is InChI=1S/C14H14BrN5OS/c1-21-9-3-2-8(17-5-4-10-18-6-7-22-10)12-11(9)13(16)20-14(15)19-12/h2-3,6-7,17H,4-5H2,1H3,(H2,16,19,20). The highest BCUT2D eigenvalue weighted by molar-refractivity contribution is 9.10. The Kier molecular flexibility index (Phi) is 4.39. The largest absolute Gasteiger partial charge is 0.496 e. The number of rotatable bonds is 5. The Morgan fingerprint density at radius 1 is 1.36 bits per heavy atom. The molecule has 2 aromatic heterocycles. The molecule has 0 saturated carbocycles. The van der Waals surface area contributed by atoms with Crippen molar-refractivity contribution in [3.05, 3.63) is 33.5 Å². The summed E-state index contributed by atoms with van der Waals surface area (Å²) in [5.41, 5.74) is 7.64. The normalized spacial score (nSPS) is 10.8. The van der Waals surface area contributed by atoms with Gasteiger partial charge >= 0.3 is 0 Å². The first-order valence-electron chi connectivity index (χ1n) is 6.61. The number of aromatic nitrogens is 3. The summed E-state index contributed by atoms with van der Waals surface area (Å²) in [6.45, 7) is 0.760. The number of methoxy groups -OCH3 is 1. The van der Waals surface area contributed by atoms with E-state index in [1.807, 2.05) is 23.7 Å². The molecule has 3 rings (SSSR count). The van der Waals surface area contributed by atoms with E-state index in [0.29, 0.717) is 21.7 Å². The van der Waals surface area contributed by atoms with Crippen LogP contribution in [-0.4, -0.2) is 28.6 Å². The lowest BCUT2D eigenvalue weighted by molar-refractivity contribution is 0.420. The fourth-order valence-electron chi connectivity index (χ4n) is 2.20. The van der Waals surface area contributed by atoms with Crippen LogP contribution in [0.1, 0.15) is 5.01 Å². The Balaban J connectivity index is 1.92. The van der Waals surface area contributed by atoms with E-state index in [0.717, 1.165) is 29.2 Å². The molecule has 0 radical (unpaired) electrons. The van der Waals surface area contributed by atoms with Crippen molar-refractivity contribution in [2.45, 2.75) is 6.42 Å². The van der Waals surface area contributed by atoms with E-state index in [-0.39, 0.29) is 0 Å². The van der Waals surface area contributed by atoms with Crippen molar-refractivity contribution in [1.29, 1.82) is 0 Å². The van der Waals surface area contributed by atoms with Crippen LogP contribution in [0.4, 0.5) is 11.5 Å². The Morgan fingerprint density at radius 2 is 2.23 bits per heavy atom. The van der Waals surface area contributed by atoms with Crippen LogP contribution >= 0.6 is 27.3 Å². The second kappa shape index (κ2) is 6.45. The molecule has 2 heterocycles. The van der Waals surface area contributed by atoms with E-state index in [1.165, 1.54) is 0 Å². The van der Waals surface area contributed by atoms with Gasteiger partial charge in [0.05, 0.1) is 23.2 Å². The summed E-state index contributed by atoms with van der Waals surface area (Å²) >= 11 is 4.93. The molecule has 0 saturated heterocycles. The van der Waals surface area contributed by atoms with Gasteiger partial charge in [-0.1, -0.05) is 0 Å². The number of benzene rings is 1. The first-order valence-corrected chi connectivity index (χ1v) is 8.28. The minimum atomic E-state index is 0.386. The molecule has 0 aliphatic heterocycles. The number of nitrogen functional groups attached to an aromatic ring is 1. The highest BCUT2D eigenvalue weighted by Gasteiger charge is 2.13. The highest BCUT2D eigenvalue weighted by atomic mass is 79.9. The molecule has 1 aromatic carbocycles. The third kappa shape index (κ3) is 2.97. The van der Waals surface area contributed by atoms with Crippen LogP contribution in [0.5, 0.6) is 5.75 Å². The summed E-state index contributed by atoms with van der Waals surface area (Å²) in [5, 5.41) is 7.16. The monoisotopic (exact) mass is 379 g/mol. The van der Waals surface area contributed by atoms with Crippen LogP contribution in [-0.2, 0) is 6.42 Å². The summed E-state index contributed by atoms with van der Waals surface area (Å²) in [7, 11) is 1.60. The first-order chi connectivity index (χ1) is 10.7. The Labute approximate surface area is 139 Å². The molecule has 0 aliphatic carbocycles. The zero-order valence-corrected chi connectivity index (χ0v) is 14.2. The molecule has 22 heavy (non-hydrogen) atoms. The number of anilines is 2. The summed E-state index contributed by atoms with van der Waals surface area (Å²) in [6.07, 6.45) is 2.67. The first kappa shape index (κ1) is 15.0. The van der Waals surface area contributed by atoms with E-state index in [2.05, 4.69) is 36.2 Å². The van der Waals surface area contributed by atoms with Crippen molar-refractivity contribution in [3.63, 3.8) is 0 Å². The van der Waals surface area contributed by atoms with Crippen molar-refractivity contribution in [2.75, 3.05) is 24.7 Å². The number of fused-ring (bicyclic) bond motifs is 1. The van der Waals surface area contributed by atoms with Gasteiger partial charge in [-0.25, -0.2) is 15.0 Å². The Bertz CT molecular complexity index is 794. The number of nitrogens with one attached hydrogen (secondary N) is 1. The average Bonchev–Trinajstić information content (AvgIpc) is 3.00. The van der Waals surface area contributed by atoms with Crippen LogP contribution in [0.2, 0.25) is 0 Å². The summed E-state index contributed by atoms with van der Waals surface area (Å²) < 4.78 is 5.81. The van der Waals surface area contributed by atoms with Crippen molar-refractivity contribution in [3.8, 4) is 5.75 Å². The van der Waals surface area contributed by atoms with Crippen LogP contribution in [0.15, 0.2) is 28.4 Å². The molecule has 0 atom stereocenters. The van der Waals surface area contributed by atoms with Gasteiger partial charge in [0, 0.05) is 24.5 Å². The minimum absolute atomic E-state index is 0.386. The van der Waals surface area contributed by atoms with Crippen LogP contribution < -0.4 is 15.8 Å². The lowest BCUT2D eigenvalue weighted by Crippen LogP contribution is -2.07. The van der Waals surface area contributed by atoms with Gasteiger partial charge in [-0.15, -0.1) is 11.3 Å². The molecule has 0 amide bonds.